The normalized spacial score (nSPS) is 13.7. The van der Waals surface area contributed by atoms with E-state index in [-0.39, 0.29) is 24.3 Å². The van der Waals surface area contributed by atoms with Crippen LogP contribution in [0.15, 0.2) is 9.59 Å². The second kappa shape index (κ2) is 7.96. The number of hydrogen-bond acceptors (Lipinski definition) is 6. The third-order valence-corrected chi connectivity index (χ3v) is 11.1. The van der Waals surface area contributed by atoms with Crippen molar-refractivity contribution in [2.24, 2.45) is 0 Å². The first-order valence-corrected chi connectivity index (χ1v) is 13.1. The number of thiophene rings is 1. The van der Waals surface area contributed by atoms with E-state index in [1.807, 2.05) is 6.92 Å². The van der Waals surface area contributed by atoms with E-state index in [9.17, 15) is 14.4 Å². The van der Waals surface area contributed by atoms with Crippen LogP contribution in [0.1, 0.15) is 49.9 Å². The van der Waals surface area contributed by atoms with Crippen molar-refractivity contribution in [2.75, 3.05) is 6.61 Å². The van der Waals surface area contributed by atoms with E-state index in [0.717, 1.165) is 15.9 Å². The highest BCUT2D eigenvalue weighted by atomic mass is 32.1. The number of aryl methyl sites for hydroxylation is 1. The lowest BCUT2D eigenvalue weighted by Crippen LogP contribution is -2.46. The fraction of sp³-hybridized carbons (Fsp3) is 0.632. The number of aromatic amines is 1. The molecule has 2 aromatic heterocycles. The lowest BCUT2D eigenvalue weighted by Gasteiger charge is -2.38. The smallest absolute Gasteiger partial charge is 0.348 e. The maximum atomic E-state index is 13.0. The summed E-state index contributed by atoms with van der Waals surface area (Å²) in [6.45, 7) is 16.4. The van der Waals surface area contributed by atoms with Crippen molar-refractivity contribution in [3.63, 3.8) is 0 Å². The first-order valence-electron chi connectivity index (χ1n) is 9.41. The standard InChI is InChI=1S/C19H30N2O5SSi/c1-9-25-17(23)14-12(3)13-15(27-14)20-18(24)21(16(13)22)10-11(2)26-28(7,8)19(4,5)6/h11H,9-10H2,1-8H3,(H,20,24). The molecule has 0 radical (unpaired) electrons. The highest BCUT2D eigenvalue weighted by molar-refractivity contribution is 7.20. The molecule has 1 atom stereocenters. The monoisotopic (exact) mass is 426 g/mol. The number of fused-ring (bicyclic) bond motifs is 1. The van der Waals surface area contributed by atoms with Gasteiger partial charge < -0.3 is 9.16 Å². The maximum absolute atomic E-state index is 13.0. The van der Waals surface area contributed by atoms with Crippen LogP contribution in [0.4, 0.5) is 0 Å². The van der Waals surface area contributed by atoms with Crippen molar-refractivity contribution in [2.45, 2.75) is 72.3 Å². The number of carbonyl (C=O) groups excluding carboxylic acids is 1. The third kappa shape index (κ3) is 4.31. The summed E-state index contributed by atoms with van der Waals surface area (Å²) in [6, 6.07) is 0. The fourth-order valence-electron chi connectivity index (χ4n) is 2.78. The summed E-state index contributed by atoms with van der Waals surface area (Å²) in [6.07, 6.45) is -0.291. The van der Waals surface area contributed by atoms with Gasteiger partial charge >= 0.3 is 11.7 Å². The van der Waals surface area contributed by atoms with E-state index in [1.165, 1.54) is 0 Å². The number of nitrogens with one attached hydrogen (secondary N) is 1. The summed E-state index contributed by atoms with van der Waals surface area (Å²) in [5, 5.41) is 0.383. The van der Waals surface area contributed by atoms with E-state index >= 15 is 0 Å². The fourth-order valence-corrected chi connectivity index (χ4v) is 5.30. The largest absolute Gasteiger partial charge is 0.462 e. The van der Waals surface area contributed by atoms with Crippen molar-refractivity contribution in [1.82, 2.24) is 9.55 Å². The molecule has 2 heterocycles. The number of nitrogens with zero attached hydrogens (tertiary/aromatic N) is 1. The van der Waals surface area contributed by atoms with E-state index in [2.05, 4.69) is 38.8 Å². The minimum absolute atomic E-state index is 0.0289. The molecule has 0 aromatic carbocycles. The van der Waals surface area contributed by atoms with Crippen molar-refractivity contribution < 1.29 is 14.0 Å². The van der Waals surface area contributed by atoms with Crippen molar-refractivity contribution in [1.29, 1.82) is 0 Å². The van der Waals surface area contributed by atoms with Crippen LogP contribution < -0.4 is 11.2 Å². The molecule has 9 heteroatoms. The van der Waals surface area contributed by atoms with E-state index in [4.69, 9.17) is 9.16 Å². The van der Waals surface area contributed by atoms with Crippen molar-refractivity contribution in [3.8, 4) is 0 Å². The van der Waals surface area contributed by atoms with Crippen LogP contribution in [0.5, 0.6) is 0 Å². The number of esters is 1. The van der Waals surface area contributed by atoms with Gasteiger partial charge in [0.15, 0.2) is 8.32 Å². The van der Waals surface area contributed by atoms with Crippen LogP contribution in [0.2, 0.25) is 18.1 Å². The van der Waals surface area contributed by atoms with Crippen molar-refractivity contribution in [3.05, 3.63) is 31.3 Å². The number of rotatable bonds is 6. The Morgan fingerprint density at radius 2 is 1.89 bits per heavy atom. The molecule has 0 fully saturated rings. The number of H-pyrrole nitrogens is 1. The Hall–Kier alpha value is -1.71. The highest BCUT2D eigenvalue weighted by Gasteiger charge is 2.38. The predicted molar refractivity (Wildman–Crippen MR) is 115 cm³/mol. The Balaban J connectivity index is 2.44. The highest BCUT2D eigenvalue weighted by Crippen LogP contribution is 2.37. The van der Waals surface area contributed by atoms with Crippen LogP contribution in [-0.2, 0) is 15.7 Å². The molecule has 1 N–H and O–H groups in total. The molecular weight excluding hydrogens is 396 g/mol. The third-order valence-electron chi connectivity index (χ3n) is 5.27. The van der Waals surface area contributed by atoms with E-state index < -0.39 is 25.5 Å². The van der Waals surface area contributed by atoms with E-state index in [1.54, 1.807) is 13.8 Å². The molecule has 0 saturated carbocycles. The summed E-state index contributed by atoms with van der Waals surface area (Å²) < 4.78 is 12.5. The van der Waals surface area contributed by atoms with Gasteiger partial charge in [0.05, 0.1) is 24.6 Å². The number of carbonyl (C=O) groups is 1. The summed E-state index contributed by atoms with van der Waals surface area (Å²) in [4.78, 5) is 41.1. The molecule has 7 nitrogen and oxygen atoms in total. The molecule has 2 rings (SSSR count). The Morgan fingerprint density at radius 3 is 2.43 bits per heavy atom. The molecule has 0 aliphatic heterocycles. The van der Waals surface area contributed by atoms with Crippen LogP contribution >= 0.6 is 11.3 Å². The molecule has 0 aliphatic carbocycles. The minimum atomic E-state index is -2.03. The topological polar surface area (TPSA) is 90.4 Å². The summed E-state index contributed by atoms with van der Waals surface area (Å²) in [5.74, 6) is -0.484. The van der Waals surface area contributed by atoms with Crippen LogP contribution in [0, 0.1) is 6.92 Å². The Kier molecular flexibility index (Phi) is 6.42. The number of ether oxygens (including phenoxy) is 1. The van der Waals surface area contributed by atoms with Gasteiger partial charge in [-0.25, -0.2) is 9.59 Å². The molecule has 0 aliphatic rings. The van der Waals surface area contributed by atoms with Gasteiger partial charge in [0.2, 0.25) is 0 Å². The van der Waals surface area contributed by atoms with E-state index in [0.29, 0.717) is 20.7 Å². The molecular formula is C19H30N2O5SSi. The summed E-state index contributed by atoms with van der Waals surface area (Å²) in [5.41, 5.74) is -0.375. The van der Waals surface area contributed by atoms with Gasteiger partial charge in [-0.15, -0.1) is 11.3 Å². The minimum Gasteiger partial charge on any atom is -0.462 e. The predicted octanol–water partition coefficient (Wildman–Crippen LogP) is 3.65. The number of aromatic nitrogens is 2. The van der Waals surface area contributed by atoms with Gasteiger partial charge in [-0.3, -0.25) is 14.3 Å². The average molecular weight is 427 g/mol. The quantitative estimate of drug-likeness (QED) is 0.562. The zero-order valence-corrected chi connectivity index (χ0v) is 19.7. The second-order valence-electron chi connectivity index (χ2n) is 8.52. The van der Waals surface area contributed by atoms with Gasteiger partial charge in [-0.2, -0.15) is 0 Å². The molecule has 2 aromatic rings. The SMILES string of the molecule is CCOC(=O)c1sc2[nH]c(=O)n(CC(C)O[Si](C)(C)C(C)(C)C)c(=O)c2c1C. The lowest BCUT2D eigenvalue weighted by molar-refractivity contribution is 0.0531. The van der Waals surface area contributed by atoms with Gasteiger partial charge in [0.1, 0.15) is 9.71 Å². The Bertz CT molecular complexity index is 997. The Morgan fingerprint density at radius 1 is 1.29 bits per heavy atom. The van der Waals surface area contributed by atoms with Crippen LogP contribution in [0.25, 0.3) is 10.2 Å². The zero-order valence-electron chi connectivity index (χ0n) is 17.9. The molecule has 0 amide bonds. The molecule has 156 valence electrons. The molecule has 1 unspecified atom stereocenters. The Labute approximate surface area is 169 Å². The second-order valence-corrected chi connectivity index (χ2v) is 14.3. The molecule has 0 spiro atoms. The maximum Gasteiger partial charge on any atom is 0.348 e. The lowest BCUT2D eigenvalue weighted by atomic mass is 10.2. The van der Waals surface area contributed by atoms with Gasteiger partial charge in [-0.05, 0) is 44.5 Å². The van der Waals surface area contributed by atoms with Gasteiger partial charge in [0.25, 0.3) is 5.56 Å². The first-order chi connectivity index (χ1) is 12.8. The first kappa shape index (κ1) is 22.6. The van der Waals surface area contributed by atoms with Crippen molar-refractivity contribution >= 4 is 35.8 Å². The molecule has 0 bridgehead atoms. The zero-order chi connectivity index (χ0) is 21.4. The summed E-state index contributed by atoms with van der Waals surface area (Å²) in [7, 11) is -2.03. The number of hydrogen-bond donors (Lipinski definition) is 1. The van der Waals surface area contributed by atoms with Crippen LogP contribution in [0.3, 0.4) is 0 Å². The van der Waals surface area contributed by atoms with Gasteiger partial charge in [-0.1, -0.05) is 20.8 Å². The van der Waals surface area contributed by atoms with Gasteiger partial charge in [0, 0.05) is 0 Å². The average Bonchev–Trinajstić information content (AvgIpc) is 2.86. The van der Waals surface area contributed by atoms with Crippen LogP contribution in [-0.4, -0.2) is 36.5 Å². The molecule has 28 heavy (non-hydrogen) atoms. The summed E-state index contributed by atoms with van der Waals surface area (Å²) >= 11 is 1.07. The molecule has 0 saturated heterocycles.